The van der Waals surface area contributed by atoms with E-state index in [2.05, 4.69) is 39.1 Å². The van der Waals surface area contributed by atoms with Gasteiger partial charge in [-0.25, -0.2) is 0 Å². The van der Waals surface area contributed by atoms with Gasteiger partial charge < -0.3 is 10.1 Å². The molecule has 0 spiro atoms. The molecule has 0 radical (unpaired) electrons. The van der Waals surface area contributed by atoms with Crippen LogP contribution in [-0.2, 0) is 9.53 Å². The van der Waals surface area contributed by atoms with E-state index >= 15 is 0 Å². The number of ether oxygens (including phenoxy) is 1. The van der Waals surface area contributed by atoms with Gasteiger partial charge in [0.25, 0.3) is 0 Å². The molecule has 3 nitrogen and oxygen atoms in total. The summed E-state index contributed by atoms with van der Waals surface area (Å²) in [7, 11) is 0. The Hall–Kier alpha value is -1.09. The van der Waals surface area contributed by atoms with Gasteiger partial charge in [-0.15, -0.1) is 0 Å². The van der Waals surface area contributed by atoms with E-state index in [0.29, 0.717) is 23.5 Å². The van der Waals surface area contributed by atoms with E-state index in [-0.39, 0.29) is 11.3 Å². The first kappa shape index (κ1) is 17.3. The summed E-state index contributed by atoms with van der Waals surface area (Å²) in [4.78, 5) is 12.0. The molecule has 0 aromatic carbocycles. The molecule has 1 N–H and O–H groups in total. The van der Waals surface area contributed by atoms with Gasteiger partial charge in [0.2, 0.25) is 5.91 Å². The maximum atomic E-state index is 12.0. The predicted molar refractivity (Wildman–Crippen MR) is 99.8 cm³/mol. The highest BCUT2D eigenvalue weighted by atomic mass is 16.5. The van der Waals surface area contributed by atoms with E-state index in [9.17, 15) is 4.79 Å². The molecule has 6 atom stereocenters. The summed E-state index contributed by atoms with van der Waals surface area (Å²) in [6.07, 6.45) is 14.1. The van der Waals surface area contributed by atoms with Crippen molar-refractivity contribution in [2.24, 2.45) is 28.6 Å². The zero-order valence-electron chi connectivity index (χ0n) is 16.2. The van der Waals surface area contributed by atoms with Crippen LogP contribution in [0.1, 0.15) is 66.2 Å². The predicted octanol–water partition coefficient (Wildman–Crippen LogP) is 4.59. The molecule has 0 aromatic rings. The highest BCUT2D eigenvalue weighted by Gasteiger charge is 2.58. The second-order valence-corrected chi connectivity index (χ2v) is 9.51. The Morgan fingerprint density at radius 2 is 1.96 bits per heavy atom. The van der Waals surface area contributed by atoms with Crippen LogP contribution in [0, 0.1) is 28.6 Å². The second kappa shape index (κ2) is 5.97. The lowest BCUT2D eigenvalue weighted by molar-refractivity contribution is -0.115. The van der Waals surface area contributed by atoms with E-state index in [1.54, 1.807) is 0 Å². The third-order valence-corrected chi connectivity index (χ3v) is 7.96. The second-order valence-electron chi connectivity index (χ2n) is 9.51. The Morgan fingerprint density at radius 1 is 1.16 bits per heavy atom. The molecule has 3 aliphatic carbocycles. The van der Waals surface area contributed by atoms with Crippen LogP contribution in [0.15, 0.2) is 23.9 Å². The van der Waals surface area contributed by atoms with Crippen LogP contribution < -0.4 is 5.32 Å². The number of carbonyl (C=O) groups excluding carboxylic acids is 1. The number of amides is 1. The van der Waals surface area contributed by atoms with Gasteiger partial charge in [0.05, 0.1) is 12.2 Å². The van der Waals surface area contributed by atoms with Gasteiger partial charge in [0.15, 0.2) is 0 Å². The smallest absolute Gasteiger partial charge is 0.247 e. The first-order chi connectivity index (χ1) is 11.8. The molecule has 0 saturated heterocycles. The summed E-state index contributed by atoms with van der Waals surface area (Å²) in [6, 6.07) is 0. The largest absolute Gasteiger partial charge is 0.375 e. The van der Waals surface area contributed by atoms with Gasteiger partial charge in [-0.3, -0.25) is 4.79 Å². The number of allylic oxidation sites excluding steroid dienone is 2. The number of hydrogen-bond donors (Lipinski definition) is 1. The zero-order valence-corrected chi connectivity index (χ0v) is 16.2. The van der Waals surface area contributed by atoms with Gasteiger partial charge in [0, 0.05) is 17.7 Å². The van der Waals surface area contributed by atoms with Crippen LogP contribution in [0.5, 0.6) is 0 Å². The fourth-order valence-corrected chi connectivity index (χ4v) is 6.72. The van der Waals surface area contributed by atoms with Crippen molar-refractivity contribution >= 4 is 5.91 Å². The van der Waals surface area contributed by atoms with Crippen molar-refractivity contribution in [3.05, 3.63) is 23.9 Å². The minimum absolute atomic E-state index is 0.0420. The van der Waals surface area contributed by atoms with Crippen LogP contribution in [0.25, 0.3) is 0 Å². The Morgan fingerprint density at radius 3 is 2.72 bits per heavy atom. The topological polar surface area (TPSA) is 38.3 Å². The van der Waals surface area contributed by atoms with Crippen LogP contribution >= 0.6 is 0 Å². The standard InChI is InChI=1S/C22H33NO2/c1-14(2)25-19-8-7-17-16-6-5-15-13-20(24)23-12-11-21(15,3)18(16)9-10-22(17,19)4/h11-14,16-19H,5-10H2,1-4H3,(H,23,24)/t16-,17-,18-,19-,21-,22-/m0/s1. The first-order valence-corrected chi connectivity index (χ1v) is 10.2. The van der Waals surface area contributed by atoms with E-state index in [1.807, 2.05) is 12.3 Å². The summed E-state index contributed by atoms with van der Waals surface area (Å²) < 4.78 is 6.35. The molecule has 0 unspecified atom stereocenters. The van der Waals surface area contributed by atoms with Crippen LogP contribution in [0.4, 0.5) is 0 Å². The first-order valence-electron chi connectivity index (χ1n) is 10.2. The summed E-state index contributed by atoms with van der Waals surface area (Å²) in [6.45, 7) is 9.20. The third kappa shape index (κ3) is 2.61. The summed E-state index contributed by atoms with van der Waals surface area (Å²) in [5, 5.41) is 2.89. The molecule has 1 aliphatic heterocycles. The Kier molecular flexibility index (Phi) is 4.14. The van der Waals surface area contributed by atoms with Crippen molar-refractivity contribution in [1.29, 1.82) is 0 Å². The monoisotopic (exact) mass is 343 g/mol. The SMILES string of the molecule is CC(C)O[C@H]1CC[C@H]2[C@@H]3CCC4=CC(=O)NC=C[C@]4(C)[C@H]3CC[C@]12C. The summed E-state index contributed by atoms with van der Waals surface area (Å²) in [5.74, 6) is 2.24. The number of carbonyl (C=O) groups is 1. The molecule has 1 amide bonds. The Bertz CT molecular complexity index is 622. The Labute approximate surface area is 152 Å². The molecule has 1 heterocycles. The maximum absolute atomic E-state index is 12.0. The lowest BCUT2D eigenvalue weighted by atomic mass is 9.49. The van der Waals surface area contributed by atoms with E-state index in [0.717, 1.165) is 18.3 Å². The van der Waals surface area contributed by atoms with Crippen LogP contribution in [0.3, 0.4) is 0 Å². The average Bonchev–Trinajstić information content (AvgIpc) is 2.77. The quantitative estimate of drug-likeness (QED) is 0.796. The molecule has 4 aliphatic rings. The zero-order chi connectivity index (χ0) is 17.8. The third-order valence-electron chi connectivity index (χ3n) is 7.96. The van der Waals surface area contributed by atoms with Gasteiger partial charge in [-0.05, 0) is 75.5 Å². The number of hydrogen-bond acceptors (Lipinski definition) is 2. The van der Waals surface area contributed by atoms with E-state index < -0.39 is 0 Å². The minimum atomic E-state index is 0.0420. The normalized spacial score (nSPS) is 46.0. The van der Waals surface area contributed by atoms with Crippen molar-refractivity contribution in [3.63, 3.8) is 0 Å². The highest BCUT2D eigenvalue weighted by Crippen LogP contribution is 2.64. The van der Waals surface area contributed by atoms with Crippen LogP contribution in [0.2, 0.25) is 0 Å². The fourth-order valence-electron chi connectivity index (χ4n) is 6.72. The highest BCUT2D eigenvalue weighted by molar-refractivity contribution is 5.89. The van der Waals surface area contributed by atoms with Crippen molar-refractivity contribution in [2.75, 3.05) is 0 Å². The van der Waals surface area contributed by atoms with Gasteiger partial charge in [-0.1, -0.05) is 25.5 Å². The molecular weight excluding hydrogens is 310 g/mol. The molecular formula is C22H33NO2. The number of nitrogens with one attached hydrogen (secondary N) is 1. The molecule has 3 saturated carbocycles. The summed E-state index contributed by atoms with van der Waals surface area (Å²) in [5.41, 5.74) is 1.72. The van der Waals surface area contributed by atoms with Crippen molar-refractivity contribution in [3.8, 4) is 0 Å². The van der Waals surface area contributed by atoms with Crippen LogP contribution in [-0.4, -0.2) is 18.1 Å². The van der Waals surface area contributed by atoms with Crippen molar-refractivity contribution in [2.45, 2.75) is 78.4 Å². The van der Waals surface area contributed by atoms with Gasteiger partial charge >= 0.3 is 0 Å². The lowest BCUT2D eigenvalue weighted by Gasteiger charge is -2.56. The van der Waals surface area contributed by atoms with E-state index in [1.165, 1.54) is 37.7 Å². The van der Waals surface area contributed by atoms with Gasteiger partial charge in [-0.2, -0.15) is 0 Å². The molecule has 3 fully saturated rings. The molecule has 3 heteroatoms. The summed E-state index contributed by atoms with van der Waals surface area (Å²) >= 11 is 0. The minimum Gasteiger partial charge on any atom is -0.375 e. The lowest BCUT2D eigenvalue weighted by Crippen LogP contribution is -2.50. The maximum Gasteiger partial charge on any atom is 0.247 e. The number of rotatable bonds is 2. The molecule has 138 valence electrons. The molecule has 4 rings (SSSR count). The fraction of sp³-hybridized carbons (Fsp3) is 0.773. The average molecular weight is 344 g/mol. The number of fused-ring (bicyclic) bond motifs is 5. The van der Waals surface area contributed by atoms with E-state index in [4.69, 9.17) is 4.74 Å². The molecule has 0 bridgehead atoms. The molecule has 25 heavy (non-hydrogen) atoms. The Balaban J connectivity index is 1.64. The van der Waals surface area contributed by atoms with Gasteiger partial charge in [0.1, 0.15) is 0 Å². The van der Waals surface area contributed by atoms with Crippen molar-refractivity contribution in [1.82, 2.24) is 5.32 Å². The van der Waals surface area contributed by atoms with Crippen molar-refractivity contribution < 1.29 is 9.53 Å². The molecule has 0 aromatic heterocycles.